The number of hydrogen-bond acceptors (Lipinski definition) is 3. The van der Waals surface area contributed by atoms with E-state index >= 15 is 0 Å². The van der Waals surface area contributed by atoms with Gasteiger partial charge in [-0.2, -0.15) is 10.4 Å². The lowest BCUT2D eigenvalue weighted by atomic mass is 10.1. The smallest absolute Gasteiger partial charge is 0.254 e. The molecule has 0 spiro atoms. The Hall–Kier alpha value is -1.83. The number of nitrogens with zero attached hydrogens (tertiary/aromatic N) is 2. The Morgan fingerprint density at radius 1 is 1.69 bits per heavy atom. The Morgan fingerprint density at radius 2 is 2.50 bits per heavy atom. The monoisotopic (exact) mass is 218 g/mol. The van der Waals surface area contributed by atoms with E-state index in [0.29, 0.717) is 5.56 Å². The first-order valence-corrected chi connectivity index (χ1v) is 5.43. The molecule has 2 unspecified atom stereocenters. The summed E-state index contributed by atoms with van der Waals surface area (Å²) in [7, 11) is 0. The van der Waals surface area contributed by atoms with Crippen LogP contribution in [0.5, 0.6) is 0 Å². The summed E-state index contributed by atoms with van der Waals surface area (Å²) < 4.78 is 0. The minimum atomic E-state index is -0.140. The lowest BCUT2D eigenvalue weighted by Gasteiger charge is -2.14. The van der Waals surface area contributed by atoms with Gasteiger partial charge < -0.3 is 5.32 Å². The Bertz CT molecular complexity index is 431. The summed E-state index contributed by atoms with van der Waals surface area (Å²) in [6.45, 7) is 1.80. The third kappa shape index (κ3) is 1.91. The minimum Gasteiger partial charge on any atom is -0.348 e. The highest BCUT2D eigenvalue weighted by molar-refractivity contribution is 5.95. The van der Waals surface area contributed by atoms with Gasteiger partial charge in [-0.05, 0) is 26.2 Å². The molecule has 1 saturated carbocycles. The molecular weight excluding hydrogens is 204 g/mol. The molecule has 2 N–H and O–H groups in total. The molecule has 2 atom stereocenters. The van der Waals surface area contributed by atoms with Crippen LogP contribution in [0.2, 0.25) is 0 Å². The Labute approximate surface area is 93.8 Å². The predicted octanol–water partition coefficient (Wildman–Crippen LogP) is 1.14. The van der Waals surface area contributed by atoms with Gasteiger partial charge in [0.05, 0.1) is 23.7 Å². The van der Waals surface area contributed by atoms with Crippen molar-refractivity contribution >= 4 is 5.91 Å². The Kier molecular flexibility index (Phi) is 2.91. The maximum absolute atomic E-state index is 11.9. The van der Waals surface area contributed by atoms with Crippen LogP contribution in [0.25, 0.3) is 0 Å². The van der Waals surface area contributed by atoms with Crippen LogP contribution < -0.4 is 5.32 Å². The summed E-state index contributed by atoms with van der Waals surface area (Å²) in [5.74, 6) is -0.186. The topological polar surface area (TPSA) is 81.6 Å². The summed E-state index contributed by atoms with van der Waals surface area (Å²) in [5.41, 5.74) is 1.31. The zero-order valence-corrected chi connectivity index (χ0v) is 9.16. The van der Waals surface area contributed by atoms with Gasteiger partial charge in [0, 0.05) is 11.7 Å². The SMILES string of the molecule is Cc1[nH]ncc1C(=O)NC1CCCC1C#N. The van der Waals surface area contributed by atoms with Gasteiger partial charge in [-0.25, -0.2) is 0 Å². The van der Waals surface area contributed by atoms with Crippen LogP contribution in [0.4, 0.5) is 0 Å². The maximum atomic E-state index is 11.9. The summed E-state index contributed by atoms with van der Waals surface area (Å²) in [4.78, 5) is 11.9. The number of hydrogen-bond donors (Lipinski definition) is 2. The highest BCUT2D eigenvalue weighted by Gasteiger charge is 2.29. The highest BCUT2D eigenvalue weighted by Crippen LogP contribution is 2.25. The zero-order valence-electron chi connectivity index (χ0n) is 9.16. The van der Waals surface area contributed by atoms with E-state index in [0.717, 1.165) is 25.0 Å². The molecule has 2 rings (SSSR count). The van der Waals surface area contributed by atoms with Gasteiger partial charge in [-0.3, -0.25) is 9.89 Å². The van der Waals surface area contributed by atoms with Crippen molar-refractivity contribution in [3.8, 4) is 6.07 Å². The van der Waals surface area contributed by atoms with Gasteiger partial charge in [0.15, 0.2) is 0 Å². The quantitative estimate of drug-likeness (QED) is 0.781. The third-order valence-electron chi connectivity index (χ3n) is 3.07. The van der Waals surface area contributed by atoms with Crippen molar-refractivity contribution in [1.82, 2.24) is 15.5 Å². The molecule has 1 amide bonds. The largest absolute Gasteiger partial charge is 0.348 e. The fourth-order valence-corrected chi connectivity index (χ4v) is 2.11. The van der Waals surface area contributed by atoms with Gasteiger partial charge in [0.2, 0.25) is 0 Å². The van der Waals surface area contributed by atoms with E-state index in [1.807, 2.05) is 0 Å². The number of aromatic amines is 1. The van der Waals surface area contributed by atoms with Crippen LogP contribution >= 0.6 is 0 Å². The van der Waals surface area contributed by atoms with Crippen molar-refractivity contribution in [2.75, 3.05) is 0 Å². The number of aromatic nitrogens is 2. The molecule has 0 radical (unpaired) electrons. The van der Waals surface area contributed by atoms with Crippen molar-refractivity contribution in [3.05, 3.63) is 17.5 Å². The fourth-order valence-electron chi connectivity index (χ4n) is 2.11. The number of H-pyrrole nitrogens is 1. The Balaban J connectivity index is 2.03. The van der Waals surface area contributed by atoms with Crippen molar-refractivity contribution in [2.24, 2.45) is 5.92 Å². The number of nitriles is 1. The van der Waals surface area contributed by atoms with E-state index in [2.05, 4.69) is 21.6 Å². The van der Waals surface area contributed by atoms with Crippen LogP contribution in [0.15, 0.2) is 6.20 Å². The van der Waals surface area contributed by atoms with Gasteiger partial charge in [-0.1, -0.05) is 0 Å². The number of carbonyl (C=O) groups excluding carboxylic acids is 1. The summed E-state index contributed by atoms with van der Waals surface area (Å²) in [5, 5.41) is 18.3. The molecule has 0 aliphatic heterocycles. The molecule has 1 fully saturated rings. The first-order valence-electron chi connectivity index (χ1n) is 5.43. The molecule has 1 aliphatic carbocycles. The zero-order chi connectivity index (χ0) is 11.5. The number of nitrogens with one attached hydrogen (secondary N) is 2. The summed E-state index contributed by atoms with van der Waals surface area (Å²) in [6.07, 6.45) is 4.29. The summed E-state index contributed by atoms with van der Waals surface area (Å²) in [6, 6.07) is 2.23. The third-order valence-corrected chi connectivity index (χ3v) is 3.07. The second-order valence-electron chi connectivity index (χ2n) is 4.16. The molecule has 5 nitrogen and oxygen atoms in total. The predicted molar refractivity (Wildman–Crippen MR) is 57.5 cm³/mol. The van der Waals surface area contributed by atoms with Crippen LogP contribution in [0, 0.1) is 24.2 Å². The van der Waals surface area contributed by atoms with E-state index in [9.17, 15) is 4.79 Å². The molecular formula is C11H14N4O. The number of rotatable bonds is 2. The van der Waals surface area contributed by atoms with Crippen molar-refractivity contribution < 1.29 is 4.79 Å². The molecule has 1 aromatic rings. The molecule has 1 heterocycles. The standard InChI is InChI=1S/C11H14N4O/c1-7-9(6-13-15-7)11(16)14-10-4-2-3-8(10)5-12/h6,8,10H,2-4H2,1H3,(H,13,15)(H,14,16). The second kappa shape index (κ2) is 4.35. The van der Waals surface area contributed by atoms with Crippen molar-refractivity contribution in [2.45, 2.75) is 32.2 Å². The molecule has 84 valence electrons. The van der Waals surface area contributed by atoms with Gasteiger partial charge in [0.1, 0.15) is 0 Å². The second-order valence-corrected chi connectivity index (χ2v) is 4.16. The van der Waals surface area contributed by atoms with Gasteiger partial charge >= 0.3 is 0 Å². The lowest BCUT2D eigenvalue weighted by molar-refractivity contribution is 0.0932. The first-order chi connectivity index (χ1) is 7.72. The molecule has 0 saturated heterocycles. The van der Waals surface area contributed by atoms with E-state index in [1.54, 1.807) is 6.92 Å². The van der Waals surface area contributed by atoms with Crippen LogP contribution in [0.1, 0.15) is 35.3 Å². The Morgan fingerprint density at radius 3 is 3.12 bits per heavy atom. The lowest BCUT2D eigenvalue weighted by Crippen LogP contribution is -2.37. The number of carbonyl (C=O) groups is 1. The summed E-state index contributed by atoms with van der Waals surface area (Å²) >= 11 is 0. The van der Waals surface area contributed by atoms with E-state index in [-0.39, 0.29) is 17.9 Å². The van der Waals surface area contributed by atoms with E-state index < -0.39 is 0 Å². The molecule has 1 aromatic heterocycles. The average molecular weight is 218 g/mol. The van der Waals surface area contributed by atoms with Gasteiger partial charge in [-0.15, -0.1) is 0 Å². The normalized spacial score (nSPS) is 24.0. The molecule has 0 bridgehead atoms. The fraction of sp³-hybridized carbons (Fsp3) is 0.545. The first kappa shape index (κ1) is 10.7. The number of amides is 1. The van der Waals surface area contributed by atoms with Crippen molar-refractivity contribution in [1.29, 1.82) is 5.26 Å². The highest BCUT2D eigenvalue weighted by atomic mass is 16.1. The molecule has 16 heavy (non-hydrogen) atoms. The number of aryl methyl sites for hydroxylation is 1. The van der Waals surface area contributed by atoms with Crippen LogP contribution in [-0.4, -0.2) is 22.1 Å². The van der Waals surface area contributed by atoms with Crippen LogP contribution in [0.3, 0.4) is 0 Å². The molecule has 1 aliphatic rings. The van der Waals surface area contributed by atoms with Crippen molar-refractivity contribution in [3.63, 3.8) is 0 Å². The van der Waals surface area contributed by atoms with E-state index in [1.165, 1.54) is 6.20 Å². The van der Waals surface area contributed by atoms with E-state index in [4.69, 9.17) is 5.26 Å². The molecule has 5 heteroatoms. The minimum absolute atomic E-state index is 0.00759. The molecule has 0 aromatic carbocycles. The van der Waals surface area contributed by atoms with Crippen LogP contribution in [-0.2, 0) is 0 Å². The van der Waals surface area contributed by atoms with Gasteiger partial charge in [0.25, 0.3) is 5.91 Å². The maximum Gasteiger partial charge on any atom is 0.254 e. The average Bonchev–Trinajstić information content (AvgIpc) is 2.86.